The zero-order valence-corrected chi connectivity index (χ0v) is 12.6. The largest absolute Gasteiger partial charge is 0.357 e. The standard InChI is InChI=1S/C13H19BrN4O/c1-3-12(19)17-10-4-5-11(15-7-10)13-16-6-9(14)8-18(13)2/h3,6,8,10-11,13,15H,1,4-5,7H2,2H3,(H,17,19). The number of piperidine rings is 1. The minimum Gasteiger partial charge on any atom is -0.357 e. The first-order chi connectivity index (χ1) is 9.10. The van der Waals surface area contributed by atoms with E-state index in [4.69, 9.17) is 0 Å². The molecule has 5 nitrogen and oxygen atoms in total. The van der Waals surface area contributed by atoms with Crippen LogP contribution in [0.4, 0.5) is 0 Å². The van der Waals surface area contributed by atoms with E-state index in [0.29, 0.717) is 6.04 Å². The summed E-state index contributed by atoms with van der Waals surface area (Å²) >= 11 is 3.42. The Morgan fingerprint density at radius 1 is 1.68 bits per heavy atom. The molecule has 1 saturated heterocycles. The molecule has 3 unspecified atom stereocenters. The predicted molar refractivity (Wildman–Crippen MR) is 80.2 cm³/mol. The number of halogens is 1. The third-order valence-electron chi connectivity index (χ3n) is 3.44. The number of aliphatic imine (C=N–C) groups is 1. The van der Waals surface area contributed by atoms with E-state index in [1.807, 2.05) is 19.5 Å². The summed E-state index contributed by atoms with van der Waals surface area (Å²) in [6, 6.07) is 0.497. The van der Waals surface area contributed by atoms with Crippen LogP contribution < -0.4 is 10.6 Å². The van der Waals surface area contributed by atoms with Gasteiger partial charge in [0, 0.05) is 38.1 Å². The molecule has 2 aliphatic heterocycles. The third-order valence-corrected chi connectivity index (χ3v) is 3.85. The zero-order valence-electron chi connectivity index (χ0n) is 11.0. The Bertz CT molecular complexity index is 413. The van der Waals surface area contributed by atoms with Crippen molar-refractivity contribution in [1.82, 2.24) is 15.5 Å². The topological polar surface area (TPSA) is 56.7 Å². The lowest BCUT2D eigenvalue weighted by Gasteiger charge is -2.38. The molecule has 2 rings (SSSR count). The van der Waals surface area contributed by atoms with Crippen molar-refractivity contribution in [2.75, 3.05) is 13.6 Å². The number of carbonyl (C=O) groups excluding carboxylic acids is 1. The van der Waals surface area contributed by atoms with E-state index >= 15 is 0 Å². The van der Waals surface area contributed by atoms with Crippen LogP contribution in [-0.2, 0) is 4.79 Å². The maximum Gasteiger partial charge on any atom is 0.243 e. The number of rotatable bonds is 3. The maximum atomic E-state index is 11.2. The summed E-state index contributed by atoms with van der Waals surface area (Å²) < 4.78 is 0.984. The molecule has 0 saturated carbocycles. The quantitative estimate of drug-likeness (QED) is 0.760. The first kappa shape index (κ1) is 14.3. The van der Waals surface area contributed by atoms with Gasteiger partial charge in [0.1, 0.15) is 6.17 Å². The van der Waals surface area contributed by atoms with E-state index < -0.39 is 0 Å². The lowest BCUT2D eigenvalue weighted by Crippen LogP contribution is -2.55. The SMILES string of the molecule is C=CC(=O)NC1CCC(C2N=CC(Br)=CN2C)NC1. The highest BCUT2D eigenvalue weighted by molar-refractivity contribution is 9.12. The van der Waals surface area contributed by atoms with Gasteiger partial charge in [0.05, 0.1) is 4.48 Å². The predicted octanol–water partition coefficient (Wildman–Crippen LogP) is 0.988. The highest BCUT2D eigenvalue weighted by Gasteiger charge is 2.29. The Hall–Kier alpha value is -1.14. The first-order valence-electron chi connectivity index (χ1n) is 6.39. The summed E-state index contributed by atoms with van der Waals surface area (Å²) in [6.07, 6.45) is 7.26. The molecular formula is C13H19BrN4O. The Balaban J connectivity index is 1.85. The average molecular weight is 327 g/mol. The molecule has 0 bridgehead atoms. The summed E-state index contributed by atoms with van der Waals surface area (Å²) in [5, 5.41) is 6.38. The molecule has 0 aromatic rings. The van der Waals surface area contributed by atoms with Gasteiger partial charge in [-0.3, -0.25) is 9.79 Å². The van der Waals surface area contributed by atoms with Crippen molar-refractivity contribution in [2.45, 2.75) is 31.1 Å². The van der Waals surface area contributed by atoms with Gasteiger partial charge in [-0.05, 0) is 34.8 Å². The molecule has 0 spiro atoms. The molecule has 1 fully saturated rings. The van der Waals surface area contributed by atoms with Crippen molar-refractivity contribution in [3.8, 4) is 0 Å². The summed E-state index contributed by atoms with van der Waals surface area (Å²) in [5.74, 6) is -0.107. The summed E-state index contributed by atoms with van der Waals surface area (Å²) in [4.78, 5) is 17.9. The summed E-state index contributed by atoms with van der Waals surface area (Å²) in [6.45, 7) is 4.24. The smallest absolute Gasteiger partial charge is 0.243 e. The molecular weight excluding hydrogens is 308 g/mol. The molecule has 2 aliphatic rings. The number of nitrogens with zero attached hydrogens (tertiary/aromatic N) is 2. The second-order valence-corrected chi connectivity index (χ2v) is 5.79. The van der Waals surface area contributed by atoms with Crippen LogP contribution in [0.5, 0.6) is 0 Å². The van der Waals surface area contributed by atoms with Crippen molar-refractivity contribution in [3.63, 3.8) is 0 Å². The van der Waals surface area contributed by atoms with Crippen LogP contribution >= 0.6 is 15.9 Å². The molecule has 3 atom stereocenters. The van der Waals surface area contributed by atoms with Crippen LogP contribution in [0.1, 0.15) is 12.8 Å². The van der Waals surface area contributed by atoms with Gasteiger partial charge in [0.2, 0.25) is 5.91 Å². The van der Waals surface area contributed by atoms with E-state index in [2.05, 4.69) is 43.0 Å². The summed E-state index contributed by atoms with van der Waals surface area (Å²) in [5.41, 5.74) is 0. The van der Waals surface area contributed by atoms with Crippen molar-refractivity contribution >= 4 is 28.1 Å². The van der Waals surface area contributed by atoms with Gasteiger partial charge in [-0.1, -0.05) is 6.58 Å². The number of allylic oxidation sites excluding steroid dienone is 1. The van der Waals surface area contributed by atoms with Crippen molar-refractivity contribution in [3.05, 3.63) is 23.3 Å². The molecule has 2 heterocycles. The highest BCUT2D eigenvalue weighted by atomic mass is 79.9. The Morgan fingerprint density at radius 3 is 3.05 bits per heavy atom. The minimum absolute atomic E-state index is 0.107. The fourth-order valence-corrected chi connectivity index (χ4v) is 2.90. The van der Waals surface area contributed by atoms with Crippen molar-refractivity contribution in [2.24, 2.45) is 4.99 Å². The second kappa shape index (κ2) is 6.34. The highest BCUT2D eigenvalue weighted by Crippen LogP contribution is 2.20. The number of hydrogen-bond acceptors (Lipinski definition) is 4. The van der Waals surface area contributed by atoms with Crippen molar-refractivity contribution in [1.29, 1.82) is 0 Å². The second-order valence-electron chi connectivity index (χ2n) is 4.87. The number of nitrogens with one attached hydrogen (secondary N) is 2. The van der Waals surface area contributed by atoms with Gasteiger partial charge >= 0.3 is 0 Å². The molecule has 0 aromatic heterocycles. The van der Waals surface area contributed by atoms with Crippen LogP contribution in [-0.4, -0.2) is 48.9 Å². The van der Waals surface area contributed by atoms with E-state index in [-0.39, 0.29) is 18.1 Å². The van der Waals surface area contributed by atoms with E-state index in [9.17, 15) is 4.79 Å². The molecule has 1 amide bonds. The average Bonchev–Trinajstić information content (AvgIpc) is 2.40. The zero-order chi connectivity index (χ0) is 13.8. The van der Waals surface area contributed by atoms with Crippen LogP contribution in [0.25, 0.3) is 0 Å². The molecule has 0 radical (unpaired) electrons. The third kappa shape index (κ3) is 3.67. The maximum absolute atomic E-state index is 11.2. The first-order valence-corrected chi connectivity index (χ1v) is 7.18. The monoisotopic (exact) mass is 326 g/mol. The molecule has 6 heteroatoms. The Kier molecular flexibility index (Phi) is 4.76. The Labute approximate surface area is 122 Å². The van der Waals surface area contributed by atoms with E-state index in [0.717, 1.165) is 23.9 Å². The lowest BCUT2D eigenvalue weighted by atomic mass is 9.98. The van der Waals surface area contributed by atoms with Gasteiger partial charge in [-0.15, -0.1) is 0 Å². The van der Waals surface area contributed by atoms with E-state index in [1.165, 1.54) is 6.08 Å². The van der Waals surface area contributed by atoms with Crippen LogP contribution in [0.3, 0.4) is 0 Å². The lowest BCUT2D eigenvalue weighted by molar-refractivity contribution is -0.117. The van der Waals surface area contributed by atoms with Crippen LogP contribution in [0.2, 0.25) is 0 Å². The van der Waals surface area contributed by atoms with Gasteiger partial charge in [0.15, 0.2) is 0 Å². The molecule has 19 heavy (non-hydrogen) atoms. The van der Waals surface area contributed by atoms with E-state index in [1.54, 1.807) is 0 Å². The Morgan fingerprint density at radius 2 is 2.47 bits per heavy atom. The van der Waals surface area contributed by atoms with Gasteiger partial charge in [0.25, 0.3) is 0 Å². The van der Waals surface area contributed by atoms with Crippen LogP contribution in [0, 0.1) is 0 Å². The fraction of sp³-hybridized carbons (Fsp3) is 0.538. The number of hydrogen-bond donors (Lipinski definition) is 2. The van der Waals surface area contributed by atoms with Crippen molar-refractivity contribution < 1.29 is 4.79 Å². The number of amides is 1. The molecule has 104 valence electrons. The van der Waals surface area contributed by atoms with Gasteiger partial charge in [-0.2, -0.15) is 0 Å². The van der Waals surface area contributed by atoms with Gasteiger partial charge in [-0.25, -0.2) is 0 Å². The van der Waals surface area contributed by atoms with Crippen LogP contribution in [0.15, 0.2) is 28.3 Å². The molecule has 0 aliphatic carbocycles. The normalized spacial score (nSPS) is 30.7. The minimum atomic E-state index is -0.107. The number of carbonyl (C=O) groups is 1. The fourth-order valence-electron chi connectivity index (χ4n) is 2.46. The number of likely N-dealkylation sites (N-methyl/N-ethyl adjacent to an activating group) is 1. The molecule has 0 aromatic carbocycles. The molecule has 2 N–H and O–H groups in total. The van der Waals surface area contributed by atoms with Gasteiger partial charge < -0.3 is 15.5 Å². The summed E-state index contributed by atoms with van der Waals surface area (Å²) in [7, 11) is 2.02.